The summed E-state index contributed by atoms with van der Waals surface area (Å²) < 4.78 is 5.35. The summed E-state index contributed by atoms with van der Waals surface area (Å²) in [6.07, 6.45) is 2.79. The number of amides is 2. The Morgan fingerprint density at radius 3 is 2.24 bits per heavy atom. The standard InChI is InChI=1S/C28H30N2O3/c1-33-24-14-8-9-21(19-24)20-28(18-16-26(32)30-28)17-15-25(31)29-27(22-10-4-2-5-11-22)23-12-6-3-7-13-23/h2-14,19,27H,15-18,20H2,1H3,(H,29,31)(H,30,32). The van der Waals surface area contributed by atoms with E-state index in [2.05, 4.69) is 10.6 Å². The predicted molar refractivity (Wildman–Crippen MR) is 129 cm³/mol. The van der Waals surface area contributed by atoms with Crippen molar-refractivity contribution in [2.24, 2.45) is 0 Å². The van der Waals surface area contributed by atoms with Crippen LogP contribution in [0.4, 0.5) is 0 Å². The summed E-state index contributed by atoms with van der Waals surface area (Å²) in [4.78, 5) is 25.2. The van der Waals surface area contributed by atoms with Gasteiger partial charge in [0.2, 0.25) is 11.8 Å². The Balaban J connectivity index is 1.47. The molecule has 33 heavy (non-hydrogen) atoms. The lowest BCUT2D eigenvalue weighted by atomic mass is 9.84. The third-order valence-corrected chi connectivity index (χ3v) is 6.31. The molecule has 0 saturated carbocycles. The average Bonchev–Trinajstić information content (AvgIpc) is 3.22. The van der Waals surface area contributed by atoms with E-state index in [0.29, 0.717) is 25.7 Å². The largest absolute Gasteiger partial charge is 0.497 e. The van der Waals surface area contributed by atoms with Crippen LogP contribution in [0.25, 0.3) is 0 Å². The second-order valence-corrected chi connectivity index (χ2v) is 8.68. The highest BCUT2D eigenvalue weighted by Crippen LogP contribution is 2.31. The second-order valence-electron chi connectivity index (χ2n) is 8.68. The zero-order chi connectivity index (χ0) is 23.1. The van der Waals surface area contributed by atoms with Crippen LogP contribution < -0.4 is 15.4 Å². The van der Waals surface area contributed by atoms with Crippen LogP contribution in [0.2, 0.25) is 0 Å². The van der Waals surface area contributed by atoms with Gasteiger partial charge < -0.3 is 15.4 Å². The molecule has 0 aliphatic carbocycles. The Morgan fingerprint density at radius 1 is 1.00 bits per heavy atom. The second kappa shape index (κ2) is 10.3. The number of nitrogens with one attached hydrogen (secondary N) is 2. The summed E-state index contributed by atoms with van der Waals surface area (Å²) in [7, 11) is 1.65. The first-order chi connectivity index (χ1) is 16.1. The molecule has 0 radical (unpaired) electrons. The van der Waals surface area contributed by atoms with Gasteiger partial charge in [-0.2, -0.15) is 0 Å². The van der Waals surface area contributed by atoms with E-state index >= 15 is 0 Å². The quantitative estimate of drug-likeness (QED) is 0.510. The number of methoxy groups -OCH3 is 1. The third kappa shape index (κ3) is 5.80. The van der Waals surface area contributed by atoms with Gasteiger partial charge in [-0.1, -0.05) is 72.8 Å². The Hall–Kier alpha value is -3.60. The zero-order valence-corrected chi connectivity index (χ0v) is 18.9. The summed E-state index contributed by atoms with van der Waals surface area (Å²) >= 11 is 0. The van der Waals surface area contributed by atoms with Crippen LogP contribution in [0, 0.1) is 0 Å². The van der Waals surface area contributed by atoms with Gasteiger partial charge in [-0.15, -0.1) is 0 Å². The smallest absolute Gasteiger partial charge is 0.220 e. The molecule has 1 heterocycles. The first kappa shape index (κ1) is 22.6. The van der Waals surface area contributed by atoms with E-state index in [9.17, 15) is 9.59 Å². The molecule has 1 atom stereocenters. The number of hydrogen-bond acceptors (Lipinski definition) is 3. The maximum atomic E-state index is 13.1. The lowest BCUT2D eigenvalue weighted by Gasteiger charge is -2.30. The van der Waals surface area contributed by atoms with Crippen molar-refractivity contribution in [2.45, 2.75) is 43.7 Å². The van der Waals surface area contributed by atoms with Gasteiger partial charge in [0, 0.05) is 18.4 Å². The van der Waals surface area contributed by atoms with Gasteiger partial charge >= 0.3 is 0 Å². The van der Waals surface area contributed by atoms with Crippen molar-refractivity contribution in [3.8, 4) is 5.75 Å². The van der Waals surface area contributed by atoms with Gasteiger partial charge in [-0.25, -0.2) is 0 Å². The highest BCUT2D eigenvalue weighted by Gasteiger charge is 2.38. The van der Waals surface area contributed by atoms with Crippen molar-refractivity contribution < 1.29 is 14.3 Å². The van der Waals surface area contributed by atoms with Gasteiger partial charge in [-0.05, 0) is 48.1 Å². The fourth-order valence-electron chi connectivity index (χ4n) is 4.59. The molecule has 0 spiro atoms. The highest BCUT2D eigenvalue weighted by molar-refractivity contribution is 5.80. The molecule has 1 aliphatic heterocycles. The van der Waals surface area contributed by atoms with E-state index in [0.717, 1.165) is 28.9 Å². The molecule has 1 saturated heterocycles. The molecule has 170 valence electrons. The number of carbonyl (C=O) groups is 2. The van der Waals surface area contributed by atoms with Crippen molar-refractivity contribution in [1.29, 1.82) is 0 Å². The minimum atomic E-state index is -0.421. The predicted octanol–water partition coefficient (Wildman–Crippen LogP) is 4.57. The van der Waals surface area contributed by atoms with Crippen LogP contribution in [-0.2, 0) is 16.0 Å². The number of carbonyl (C=O) groups excluding carboxylic acids is 2. The summed E-state index contributed by atoms with van der Waals surface area (Å²) in [6.45, 7) is 0. The molecule has 0 aromatic heterocycles. The molecule has 3 aromatic carbocycles. The number of ether oxygens (including phenoxy) is 1. The van der Waals surface area contributed by atoms with Crippen LogP contribution in [0.3, 0.4) is 0 Å². The Morgan fingerprint density at radius 2 is 1.67 bits per heavy atom. The molecule has 3 aromatic rings. The molecular weight excluding hydrogens is 412 g/mol. The van der Waals surface area contributed by atoms with E-state index < -0.39 is 5.54 Å². The third-order valence-electron chi connectivity index (χ3n) is 6.31. The summed E-state index contributed by atoms with van der Waals surface area (Å²) in [5, 5.41) is 6.38. The van der Waals surface area contributed by atoms with Crippen molar-refractivity contribution in [3.05, 3.63) is 102 Å². The Kier molecular flexibility index (Phi) is 7.08. The Labute approximate surface area is 195 Å². The number of benzene rings is 3. The average molecular weight is 443 g/mol. The summed E-state index contributed by atoms with van der Waals surface area (Å²) in [5.41, 5.74) is 2.74. The SMILES string of the molecule is COc1cccc(CC2(CCC(=O)NC(c3ccccc3)c3ccccc3)CCC(=O)N2)c1. The maximum Gasteiger partial charge on any atom is 0.220 e. The highest BCUT2D eigenvalue weighted by atomic mass is 16.5. The lowest BCUT2D eigenvalue weighted by Crippen LogP contribution is -2.44. The molecule has 5 nitrogen and oxygen atoms in total. The van der Waals surface area contributed by atoms with Crippen LogP contribution in [0.15, 0.2) is 84.9 Å². The molecule has 1 fully saturated rings. The van der Waals surface area contributed by atoms with E-state index in [4.69, 9.17) is 4.74 Å². The monoisotopic (exact) mass is 442 g/mol. The first-order valence-corrected chi connectivity index (χ1v) is 11.4. The fourth-order valence-corrected chi connectivity index (χ4v) is 4.59. The van der Waals surface area contributed by atoms with Crippen molar-refractivity contribution in [3.63, 3.8) is 0 Å². The van der Waals surface area contributed by atoms with Crippen LogP contribution in [-0.4, -0.2) is 24.5 Å². The number of rotatable bonds is 9. The minimum Gasteiger partial charge on any atom is -0.497 e. The van der Waals surface area contributed by atoms with Gasteiger partial charge in [0.05, 0.1) is 13.2 Å². The minimum absolute atomic E-state index is 0.0288. The normalized spacial score (nSPS) is 17.6. The van der Waals surface area contributed by atoms with E-state index in [1.54, 1.807) is 7.11 Å². The van der Waals surface area contributed by atoms with E-state index in [1.165, 1.54) is 0 Å². The van der Waals surface area contributed by atoms with Gasteiger partial charge in [0.1, 0.15) is 5.75 Å². The molecule has 0 bridgehead atoms. The van der Waals surface area contributed by atoms with E-state index in [-0.39, 0.29) is 17.9 Å². The fraction of sp³-hybridized carbons (Fsp3) is 0.286. The van der Waals surface area contributed by atoms with Crippen molar-refractivity contribution >= 4 is 11.8 Å². The van der Waals surface area contributed by atoms with Crippen LogP contribution >= 0.6 is 0 Å². The van der Waals surface area contributed by atoms with Crippen molar-refractivity contribution in [1.82, 2.24) is 10.6 Å². The summed E-state index contributed by atoms with van der Waals surface area (Å²) in [6, 6.07) is 27.6. The zero-order valence-electron chi connectivity index (χ0n) is 18.9. The molecule has 1 unspecified atom stereocenters. The number of hydrogen-bond donors (Lipinski definition) is 2. The molecular formula is C28H30N2O3. The topological polar surface area (TPSA) is 67.4 Å². The molecule has 4 rings (SSSR count). The summed E-state index contributed by atoms with van der Waals surface area (Å²) in [5.74, 6) is 0.807. The van der Waals surface area contributed by atoms with Gasteiger partial charge in [-0.3, -0.25) is 9.59 Å². The first-order valence-electron chi connectivity index (χ1n) is 11.4. The molecule has 1 aliphatic rings. The maximum absolute atomic E-state index is 13.1. The van der Waals surface area contributed by atoms with Crippen molar-refractivity contribution in [2.75, 3.05) is 7.11 Å². The molecule has 2 N–H and O–H groups in total. The van der Waals surface area contributed by atoms with Gasteiger partial charge in [0.15, 0.2) is 0 Å². The molecule has 5 heteroatoms. The van der Waals surface area contributed by atoms with Crippen LogP contribution in [0.1, 0.15) is 48.4 Å². The molecule has 2 amide bonds. The Bertz CT molecular complexity index is 1050. The van der Waals surface area contributed by atoms with Gasteiger partial charge in [0.25, 0.3) is 0 Å². The lowest BCUT2D eigenvalue weighted by molar-refractivity contribution is -0.123. The van der Waals surface area contributed by atoms with E-state index in [1.807, 2.05) is 84.9 Å². The van der Waals surface area contributed by atoms with Crippen LogP contribution in [0.5, 0.6) is 5.75 Å².